The Morgan fingerprint density at radius 2 is 2.29 bits per heavy atom. The van der Waals surface area contributed by atoms with Crippen LogP contribution in [0.1, 0.15) is 32.4 Å². The van der Waals surface area contributed by atoms with E-state index in [1.54, 1.807) is 5.54 Å². The summed E-state index contributed by atoms with van der Waals surface area (Å²) in [6, 6.07) is 9.09. The average molecular weight is 270 g/mol. The van der Waals surface area contributed by atoms with Gasteiger partial charge in [-0.1, -0.05) is 36.2 Å². The van der Waals surface area contributed by atoms with Crippen LogP contribution in [-0.4, -0.2) is 12.3 Å². The van der Waals surface area contributed by atoms with Gasteiger partial charge in [0.25, 0.3) is 0 Å². The molecule has 0 aliphatic carbocycles. The van der Waals surface area contributed by atoms with Crippen LogP contribution in [0, 0.1) is 0 Å². The molecule has 1 aromatic rings. The molecule has 1 unspecified atom stereocenters. The number of hydrogen-bond acceptors (Lipinski definition) is 2. The molecule has 17 heavy (non-hydrogen) atoms. The van der Waals surface area contributed by atoms with Gasteiger partial charge >= 0.3 is 0 Å². The van der Waals surface area contributed by atoms with Crippen LogP contribution in [0.2, 0.25) is 0 Å². The molecule has 1 atom stereocenters. The van der Waals surface area contributed by atoms with E-state index in [4.69, 9.17) is 11.6 Å². The number of nitrogens with one attached hydrogen (secondary N) is 1. The van der Waals surface area contributed by atoms with E-state index < -0.39 is 0 Å². The second kappa shape index (κ2) is 7.80. The fourth-order valence-electron chi connectivity index (χ4n) is 1.53. The Hall–Kier alpha value is -0.440. The molecule has 94 valence electrons. The first-order chi connectivity index (χ1) is 8.17. The van der Waals surface area contributed by atoms with Gasteiger partial charge in [-0.05, 0) is 38.1 Å². The summed E-state index contributed by atoms with van der Waals surface area (Å²) in [5.41, 5.74) is 4.18. The molecule has 1 N–H and O–H groups in total. The number of thioether (sulfide) groups is 1. The molecule has 0 heterocycles. The minimum atomic E-state index is 0.408. The Morgan fingerprint density at radius 1 is 1.53 bits per heavy atom. The third-order valence-electron chi connectivity index (χ3n) is 2.52. The normalized spacial score (nSPS) is 13.8. The second-order valence-corrected chi connectivity index (χ2v) is 5.36. The van der Waals surface area contributed by atoms with E-state index in [9.17, 15) is 0 Å². The van der Waals surface area contributed by atoms with Crippen molar-refractivity contribution in [2.45, 2.75) is 31.7 Å². The Labute approximate surface area is 114 Å². The van der Waals surface area contributed by atoms with Crippen molar-refractivity contribution < 1.29 is 0 Å². The van der Waals surface area contributed by atoms with Crippen molar-refractivity contribution >= 4 is 23.4 Å². The van der Waals surface area contributed by atoms with Gasteiger partial charge in [-0.25, -0.2) is 0 Å². The van der Waals surface area contributed by atoms with E-state index in [1.165, 1.54) is 16.0 Å². The van der Waals surface area contributed by atoms with E-state index >= 15 is 0 Å². The maximum Gasteiger partial charge on any atom is 0.0292 e. The topological polar surface area (TPSA) is 12.0 Å². The van der Waals surface area contributed by atoms with Crippen molar-refractivity contribution in [3.8, 4) is 0 Å². The zero-order valence-corrected chi connectivity index (χ0v) is 12.2. The summed E-state index contributed by atoms with van der Waals surface area (Å²) in [5, 5.41) is 3.42. The van der Waals surface area contributed by atoms with Gasteiger partial charge < -0.3 is 5.32 Å². The van der Waals surface area contributed by atoms with Crippen LogP contribution in [0.15, 0.2) is 40.3 Å². The lowest BCUT2D eigenvalue weighted by Crippen LogP contribution is -2.17. The molecule has 0 saturated carbocycles. The fraction of sp³-hybridized carbons (Fsp3) is 0.429. The Bertz CT molecular complexity index is 376. The SMILES string of the molecule is CCNC(C)c1cccc(SC/C(C)=C/Cl)c1. The Kier molecular flexibility index (Phi) is 6.71. The quantitative estimate of drug-likeness (QED) is 0.758. The minimum absolute atomic E-state index is 0.408. The van der Waals surface area contributed by atoms with E-state index in [-0.39, 0.29) is 0 Å². The Balaban J connectivity index is 2.65. The second-order valence-electron chi connectivity index (χ2n) is 4.10. The molecule has 0 spiro atoms. The van der Waals surface area contributed by atoms with Crippen LogP contribution in [0.25, 0.3) is 0 Å². The van der Waals surface area contributed by atoms with Gasteiger partial charge in [-0.15, -0.1) is 11.8 Å². The van der Waals surface area contributed by atoms with E-state index in [2.05, 4.69) is 43.4 Å². The van der Waals surface area contributed by atoms with E-state index in [0.717, 1.165) is 12.3 Å². The first-order valence-corrected chi connectivity index (χ1v) is 7.31. The molecular weight excluding hydrogens is 250 g/mol. The molecule has 0 aromatic heterocycles. The molecule has 0 bridgehead atoms. The van der Waals surface area contributed by atoms with Crippen molar-refractivity contribution in [1.82, 2.24) is 5.32 Å². The number of hydrogen-bond donors (Lipinski definition) is 1. The largest absolute Gasteiger partial charge is 0.310 e. The smallest absolute Gasteiger partial charge is 0.0292 e. The maximum atomic E-state index is 5.66. The first-order valence-electron chi connectivity index (χ1n) is 5.89. The highest BCUT2D eigenvalue weighted by Gasteiger charge is 2.04. The molecule has 0 fully saturated rings. The van der Waals surface area contributed by atoms with Crippen molar-refractivity contribution in [1.29, 1.82) is 0 Å². The summed E-state index contributed by atoms with van der Waals surface area (Å²) >= 11 is 7.48. The molecule has 0 saturated heterocycles. The van der Waals surface area contributed by atoms with Gasteiger partial charge in [0.05, 0.1) is 0 Å². The summed E-state index contributed by atoms with van der Waals surface area (Å²) in [6.45, 7) is 7.36. The van der Waals surface area contributed by atoms with Gasteiger partial charge in [-0.3, -0.25) is 0 Å². The third kappa shape index (κ3) is 5.15. The lowest BCUT2D eigenvalue weighted by atomic mass is 10.1. The molecule has 0 aliphatic heterocycles. The van der Waals surface area contributed by atoms with Crippen LogP contribution >= 0.6 is 23.4 Å². The fourth-order valence-corrected chi connectivity index (χ4v) is 2.57. The molecule has 1 rings (SSSR count). The predicted molar refractivity (Wildman–Crippen MR) is 78.9 cm³/mol. The Morgan fingerprint density at radius 3 is 2.94 bits per heavy atom. The molecule has 3 heteroatoms. The summed E-state index contributed by atoms with van der Waals surface area (Å²) in [5.74, 6) is 0.947. The highest BCUT2D eigenvalue weighted by molar-refractivity contribution is 7.99. The average Bonchev–Trinajstić information content (AvgIpc) is 2.36. The van der Waals surface area contributed by atoms with Crippen molar-refractivity contribution in [3.05, 3.63) is 40.9 Å². The van der Waals surface area contributed by atoms with E-state index in [1.807, 2.05) is 18.7 Å². The zero-order chi connectivity index (χ0) is 12.7. The standard InChI is InChI=1S/C14H20ClNS/c1-4-16-12(3)13-6-5-7-14(8-13)17-10-11(2)9-15/h5-9,12,16H,4,10H2,1-3H3/b11-9+. The summed E-state index contributed by atoms with van der Waals surface area (Å²) in [4.78, 5) is 1.30. The van der Waals surface area contributed by atoms with Gasteiger partial charge in [0.15, 0.2) is 0 Å². The van der Waals surface area contributed by atoms with Crippen LogP contribution in [0.5, 0.6) is 0 Å². The molecular formula is C14H20ClNS. The molecule has 0 radical (unpaired) electrons. The zero-order valence-electron chi connectivity index (χ0n) is 10.7. The molecule has 0 amide bonds. The molecule has 0 aliphatic rings. The highest BCUT2D eigenvalue weighted by atomic mass is 35.5. The summed E-state index contributed by atoms with van der Waals surface area (Å²) in [6.07, 6.45) is 0. The van der Waals surface area contributed by atoms with Crippen molar-refractivity contribution in [3.63, 3.8) is 0 Å². The van der Waals surface area contributed by atoms with Crippen molar-refractivity contribution in [2.75, 3.05) is 12.3 Å². The minimum Gasteiger partial charge on any atom is -0.310 e. The first kappa shape index (κ1) is 14.6. The number of benzene rings is 1. The monoisotopic (exact) mass is 269 g/mol. The molecule has 1 aromatic carbocycles. The third-order valence-corrected chi connectivity index (χ3v) is 4.08. The number of rotatable bonds is 6. The van der Waals surface area contributed by atoms with Crippen molar-refractivity contribution in [2.24, 2.45) is 0 Å². The number of halogens is 1. The molecule has 1 nitrogen and oxygen atoms in total. The van der Waals surface area contributed by atoms with Gasteiger partial charge in [0, 0.05) is 22.2 Å². The summed E-state index contributed by atoms with van der Waals surface area (Å²) < 4.78 is 0. The van der Waals surface area contributed by atoms with Gasteiger partial charge in [-0.2, -0.15) is 0 Å². The highest BCUT2D eigenvalue weighted by Crippen LogP contribution is 2.24. The van der Waals surface area contributed by atoms with Crippen LogP contribution in [0.3, 0.4) is 0 Å². The van der Waals surface area contributed by atoms with Crippen LogP contribution in [0.4, 0.5) is 0 Å². The summed E-state index contributed by atoms with van der Waals surface area (Å²) in [7, 11) is 0. The van der Waals surface area contributed by atoms with Crippen LogP contribution in [-0.2, 0) is 0 Å². The van der Waals surface area contributed by atoms with Gasteiger partial charge in [0.2, 0.25) is 0 Å². The lowest BCUT2D eigenvalue weighted by Gasteiger charge is -2.13. The van der Waals surface area contributed by atoms with Gasteiger partial charge in [0.1, 0.15) is 0 Å². The van der Waals surface area contributed by atoms with Crippen LogP contribution < -0.4 is 5.32 Å². The maximum absolute atomic E-state index is 5.66. The lowest BCUT2D eigenvalue weighted by molar-refractivity contribution is 0.597. The van der Waals surface area contributed by atoms with E-state index in [0.29, 0.717) is 6.04 Å². The predicted octanol–water partition coefficient (Wildman–Crippen LogP) is 4.59.